The fourth-order valence-electron chi connectivity index (χ4n) is 2.13. The van der Waals surface area contributed by atoms with Crippen molar-refractivity contribution in [2.75, 3.05) is 12.4 Å². The van der Waals surface area contributed by atoms with E-state index in [0.29, 0.717) is 27.8 Å². The van der Waals surface area contributed by atoms with Crippen molar-refractivity contribution >= 4 is 23.3 Å². The summed E-state index contributed by atoms with van der Waals surface area (Å²) in [5, 5.41) is 9.83. The monoisotopic (exact) mass is 358 g/mol. The summed E-state index contributed by atoms with van der Waals surface area (Å²) in [6, 6.07) is 13.7. The summed E-state index contributed by atoms with van der Waals surface area (Å²) in [5.41, 5.74) is 1.34. The molecule has 2 N–H and O–H groups in total. The number of hydrogen-bond donors (Lipinski definition) is 2. The number of methoxy groups -OCH3 is 1. The van der Waals surface area contributed by atoms with Gasteiger partial charge in [0.1, 0.15) is 5.75 Å². The van der Waals surface area contributed by atoms with Gasteiger partial charge in [-0.3, -0.25) is 0 Å². The van der Waals surface area contributed by atoms with Crippen LogP contribution >= 0.6 is 11.6 Å². The molecular formula is C17H15ClN4O3. The highest BCUT2D eigenvalue weighted by molar-refractivity contribution is 6.30. The van der Waals surface area contributed by atoms with Gasteiger partial charge in [-0.05, 0) is 36.4 Å². The summed E-state index contributed by atoms with van der Waals surface area (Å²) in [7, 11) is 1.57. The maximum atomic E-state index is 11.9. The molecule has 2 aromatic carbocycles. The van der Waals surface area contributed by atoms with Crippen molar-refractivity contribution in [3.8, 4) is 17.1 Å². The van der Waals surface area contributed by atoms with E-state index in [2.05, 4.69) is 20.8 Å². The normalized spacial score (nSPS) is 10.3. The lowest BCUT2D eigenvalue weighted by Gasteiger charge is -2.05. The fourth-order valence-corrected chi connectivity index (χ4v) is 2.26. The summed E-state index contributed by atoms with van der Waals surface area (Å²) in [4.78, 5) is 16.1. The van der Waals surface area contributed by atoms with Crippen LogP contribution in [0, 0.1) is 0 Å². The van der Waals surface area contributed by atoms with Gasteiger partial charge in [0.25, 0.3) is 0 Å². The number of carbonyl (C=O) groups is 1. The number of anilines is 1. The second-order valence-electron chi connectivity index (χ2n) is 5.03. The van der Waals surface area contributed by atoms with Crippen molar-refractivity contribution in [3.63, 3.8) is 0 Å². The number of nitrogens with zero attached hydrogens (tertiary/aromatic N) is 2. The summed E-state index contributed by atoms with van der Waals surface area (Å²) >= 11 is 5.80. The molecule has 25 heavy (non-hydrogen) atoms. The fraction of sp³-hybridized carbons (Fsp3) is 0.118. The molecule has 0 aliphatic carbocycles. The van der Waals surface area contributed by atoms with Crippen molar-refractivity contribution in [1.82, 2.24) is 15.5 Å². The van der Waals surface area contributed by atoms with E-state index in [0.717, 1.165) is 0 Å². The summed E-state index contributed by atoms with van der Waals surface area (Å²) in [6.45, 7) is 0.0988. The number of para-hydroxylation sites is 1. The Morgan fingerprint density at radius 1 is 1.20 bits per heavy atom. The first-order valence-electron chi connectivity index (χ1n) is 7.42. The largest absolute Gasteiger partial charge is 0.496 e. The lowest BCUT2D eigenvalue weighted by molar-refractivity contribution is 0.249. The molecule has 8 heteroatoms. The molecule has 0 aliphatic heterocycles. The molecule has 7 nitrogen and oxygen atoms in total. The van der Waals surface area contributed by atoms with Crippen LogP contribution in [0.1, 0.15) is 5.89 Å². The van der Waals surface area contributed by atoms with Gasteiger partial charge in [-0.1, -0.05) is 28.9 Å². The lowest BCUT2D eigenvalue weighted by atomic mass is 10.2. The minimum atomic E-state index is -0.389. The number of carbonyl (C=O) groups excluding carboxylic acids is 1. The predicted molar refractivity (Wildman–Crippen MR) is 93.6 cm³/mol. The highest BCUT2D eigenvalue weighted by Gasteiger charge is 2.13. The molecule has 1 heterocycles. The molecule has 0 saturated heterocycles. The van der Waals surface area contributed by atoms with E-state index in [1.54, 1.807) is 31.4 Å². The SMILES string of the molecule is COc1ccccc1-c1noc(CNC(=O)Nc2ccc(Cl)cc2)n1. The highest BCUT2D eigenvalue weighted by atomic mass is 35.5. The highest BCUT2D eigenvalue weighted by Crippen LogP contribution is 2.26. The van der Waals surface area contributed by atoms with Crippen LogP contribution in [0.3, 0.4) is 0 Å². The zero-order valence-electron chi connectivity index (χ0n) is 13.3. The molecule has 0 aliphatic rings. The number of ether oxygens (including phenoxy) is 1. The van der Waals surface area contributed by atoms with Gasteiger partial charge in [0, 0.05) is 10.7 Å². The third kappa shape index (κ3) is 4.27. The first-order valence-corrected chi connectivity index (χ1v) is 7.80. The average Bonchev–Trinajstić information content (AvgIpc) is 3.11. The number of rotatable bonds is 5. The van der Waals surface area contributed by atoms with Gasteiger partial charge >= 0.3 is 6.03 Å². The van der Waals surface area contributed by atoms with E-state index >= 15 is 0 Å². The smallest absolute Gasteiger partial charge is 0.319 e. The van der Waals surface area contributed by atoms with Crippen LogP contribution in [0.4, 0.5) is 10.5 Å². The maximum Gasteiger partial charge on any atom is 0.319 e. The Labute approximate surface area is 149 Å². The van der Waals surface area contributed by atoms with Crippen molar-refractivity contribution in [3.05, 3.63) is 59.4 Å². The molecule has 2 amide bonds. The van der Waals surface area contributed by atoms with Crippen LogP contribution in [0.2, 0.25) is 5.02 Å². The van der Waals surface area contributed by atoms with Crippen LogP contribution in [0.25, 0.3) is 11.4 Å². The number of aromatic nitrogens is 2. The van der Waals surface area contributed by atoms with Crippen molar-refractivity contribution in [2.24, 2.45) is 0 Å². The van der Waals surface area contributed by atoms with Gasteiger partial charge in [0.2, 0.25) is 11.7 Å². The quantitative estimate of drug-likeness (QED) is 0.725. The third-order valence-electron chi connectivity index (χ3n) is 3.32. The Morgan fingerprint density at radius 2 is 1.96 bits per heavy atom. The number of hydrogen-bond acceptors (Lipinski definition) is 5. The molecule has 128 valence electrons. The van der Waals surface area contributed by atoms with Crippen LogP contribution in [-0.4, -0.2) is 23.3 Å². The molecule has 0 bridgehead atoms. The zero-order valence-corrected chi connectivity index (χ0v) is 14.1. The molecular weight excluding hydrogens is 344 g/mol. The summed E-state index contributed by atoms with van der Waals surface area (Å²) < 4.78 is 10.4. The van der Waals surface area contributed by atoms with Gasteiger partial charge in [0.15, 0.2) is 0 Å². The maximum absolute atomic E-state index is 11.9. The number of amides is 2. The Hall–Kier alpha value is -3.06. The van der Waals surface area contributed by atoms with Gasteiger partial charge in [-0.2, -0.15) is 4.98 Å². The van der Waals surface area contributed by atoms with E-state index in [9.17, 15) is 4.79 Å². The lowest BCUT2D eigenvalue weighted by Crippen LogP contribution is -2.28. The van der Waals surface area contributed by atoms with Crippen molar-refractivity contribution < 1.29 is 14.1 Å². The van der Waals surface area contributed by atoms with E-state index in [-0.39, 0.29) is 18.5 Å². The Balaban J connectivity index is 1.60. The van der Waals surface area contributed by atoms with E-state index < -0.39 is 0 Å². The minimum Gasteiger partial charge on any atom is -0.496 e. The molecule has 0 spiro atoms. The van der Waals surface area contributed by atoms with E-state index in [1.165, 1.54) is 0 Å². The second-order valence-corrected chi connectivity index (χ2v) is 5.46. The number of urea groups is 1. The second kappa shape index (κ2) is 7.67. The molecule has 0 radical (unpaired) electrons. The van der Waals surface area contributed by atoms with Gasteiger partial charge in [-0.25, -0.2) is 4.79 Å². The number of halogens is 1. The molecule has 3 rings (SSSR count). The molecule has 0 saturated carbocycles. The predicted octanol–water partition coefficient (Wildman–Crippen LogP) is 3.72. The van der Waals surface area contributed by atoms with Crippen LogP contribution in [0.5, 0.6) is 5.75 Å². The van der Waals surface area contributed by atoms with Crippen molar-refractivity contribution in [1.29, 1.82) is 0 Å². The van der Waals surface area contributed by atoms with E-state index in [1.807, 2.05) is 24.3 Å². The number of benzene rings is 2. The van der Waals surface area contributed by atoms with Gasteiger partial charge in [0.05, 0.1) is 19.2 Å². The first kappa shape index (κ1) is 16.8. The minimum absolute atomic E-state index is 0.0988. The third-order valence-corrected chi connectivity index (χ3v) is 3.57. The molecule has 1 aromatic heterocycles. The molecule has 0 atom stereocenters. The van der Waals surface area contributed by atoms with Crippen LogP contribution in [-0.2, 0) is 6.54 Å². The van der Waals surface area contributed by atoms with E-state index in [4.69, 9.17) is 20.9 Å². The molecule has 0 fully saturated rings. The van der Waals surface area contributed by atoms with Crippen LogP contribution < -0.4 is 15.4 Å². The Kier molecular flexibility index (Phi) is 5.15. The first-order chi connectivity index (χ1) is 12.2. The average molecular weight is 359 g/mol. The molecule has 3 aromatic rings. The van der Waals surface area contributed by atoms with Gasteiger partial charge < -0.3 is 19.9 Å². The van der Waals surface area contributed by atoms with Gasteiger partial charge in [-0.15, -0.1) is 0 Å². The standard InChI is InChI=1S/C17H15ClN4O3/c1-24-14-5-3-2-4-13(14)16-21-15(25-22-16)10-19-17(23)20-12-8-6-11(18)7-9-12/h2-9H,10H2,1H3,(H2,19,20,23). The Bertz CT molecular complexity index is 864. The van der Waals surface area contributed by atoms with Crippen molar-refractivity contribution in [2.45, 2.75) is 6.54 Å². The Morgan fingerprint density at radius 3 is 2.72 bits per heavy atom. The summed E-state index contributed by atoms with van der Waals surface area (Å²) in [5.74, 6) is 1.32. The zero-order chi connectivity index (χ0) is 17.6. The number of nitrogens with one attached hydrogen (secondary N) is 2. The topological polar surface area (TPSA) is 89.3 Å². The molecule has 0 unspecified atom stereocenters. The summed E-state index contributed by atoms with van der Waals surface area (Å²) in [6.07, 6.45) is 0. The van der Waals surface area contributed by atoms with Crippen LogP contribution in [0.15, 0.2) is 53.1 Å².